The van der Waals surface area contributed by atoms with Crippen LogP contribution in [0.5, 0.6) is 0 Å². The van der Waals surface area contributed by atoms with E-state index in [0.29, 0.717) is 10.6 Å². The Balaban J connectivity index is 2.46. The van der Waals surface area contributed by atoms with Crippen LogP contribution >= 0.6 is 11.8 Å². The number of anilines is 1. The number of benzene rings is 1. The fourth-order valence-electron chi connectivity index (χ4n) is 1.64. The molecule has 1 amide bonds. The average Bonchev–Trinajstić information content (AvgIpc) is 2.31. The van der Waals surface area contributed by atoms with E-state index in [9.17, 15) is 14.4 Å². The first-order chi connectivity index (χ1) is 8.49. The van der Waals surface area contributed by atoms with E-state index in [4.69, 9.17) is 10.2 Å². The Morgan fingerprint density at radius 1 is 1.33 bits per heavy atom. The zero-order valence-corrected chi connectivity index (χ0v) is 9.94. The third-order valence-corrected chi connectivity index (χ3v) is 3.49. The molecule has 2 N–H and O–H groups in total. The van der Waals surface area contributed by atoms with Crippen LogP contribution in [0.3, 0.4) is 0 Å². The summed E-state index contributed by atoms with van der Waals surface area (Å²) in [6.07, 6.45) is 0. The molecule has 0 saturated carbocycles. The van der Waals surface area contributed by atoms with Crippen LogP contribution in [0.4, 0.5) is 5.69 Å². The van der Waals surface area contributed by atoms with Gasteiger partial charge in [0, 0.05) is 4.90 Å². The highest BCUT2D eigenvalue weighted by molar-refractivity contribution is 8.00. The highest BCUT2D eigenvalue weighted by Crippen LogP contribution is 2.35. The molecule has 0 spiro atoms. The van der Waals surface area contributed by atoms with Crippen LogP contribution in [0.25, 0.3) is 0 Å². The van der Waals surface area contributed by atoms with Crippen LogP contribution in [0.2, 0.25) is 0 Å². The largest absolute Gasteiger partial charge is 0.480 e. The van der Waals surface area contributed by atoms with Crippen molar-refractivity contribution < 1.29 is 24.6 Å². The molecule has 0 aromatic heterocycles. The van der Waals surface area contributed by atoms with Gasteiger partial charge in [0.1, 0.15) is 6.54 Å². The summed E-state index contributed by atoms with van der Waals surface area (Å²) in [5, 5.41) is 17.7. The molecule has 0 aliphatic carbocycles. The number of carbonyl (C=O) groups excluding carboxylic acids is 1. The standard InChI is InChI=1S/C11H9NO5S/c13-9-5-18-8-2-1-6(11(16)17)3-7(8)12(9)4-10(14)15/h1-3H,4-5H2,(H,14,15)(H,16,17). The summed E-state index contributed by atoms with van der Waals surface area (Å²) in [6, 6.07) is 4.35. The summed E-state index contributed by atoms with van der Waals surface area (Å²) < 4.78 is 0. The highest BCUT2D eigenvalue weighted by Gasteiger charge is 2.27. The molecule has 6 nitrogen and oxygen atoms in total. The topological polar surface area (TPSA) is 94.9 Å². The Labute approximate surface area is 106 Å². The number of aliphatic carboxylic acids is 1. The minimum absolute atomic E-state index is 0.0273. The molecule has 1 heterocycles. The number of carboxylic acids is 2. The van der Waals surface area contributed by atoms with Crippen molar-refractivity contribution in [1.82, 2.24) is 0 Å². The third kappa shape index (κ3) is 2.30. The number of thioether (sulfide) groups is 1. The molecule has 0 unspecified atom stereocenters. The predicted octanol–water partition coefficient (Wildman–Crippen LogP) is 0.908. The number of amides is 1. The van der Waals surface area contributed by atoms with Crippen molar-refractivity contribution in [3.8, 4) is 0 Å². The van der Waals surface area contributed by atoms with E-state index in [1.807, 2.05) is 0 Å². The van der Waals surface area contributed by atoms with E-state index in [1.165, 1.54) is 23.9 Å². The maximum absolute atomic E-state index is 11.7. The summed E-state index contributed by atoms with van der Waals surface area (Å²) in [6.45, 7) is -0.463. The molecule has 1 aromatic rings. The zero-order valence-electron chi connectivity index (χ0n) is 9.12. The molecule has 0 fully saturated rings. The van der Waals surface area contributed by atoms with Gasteiger partial charge < -0.3 is 10.2 Å². The average molecular weight is 267 g/mol. The monoisotopic (exact) mass is 267 g/mol. The van der Waals surface area contributed by atoms with Crippen LogP contribution in [-0.4, -0.2) is 40.4 Å². The summed E-state index contributed by atoms with van der Waals surface area (Å²) in [5.41, 5.74) is 0.373. The molecule has 0 saturated heterocycles. The first-order valence-electron chi connectivity index (χ1n) is 5.01. The van der Waals surface area contributed by atoms with Crippen molar-refractivity contribution in [2.75, 3.05) is 17.2 Å². The SMILES string of the molecule is O=C(O)CN1C(=O)CSc2ccc(C(=O)O)cc21. The van der Waals surface area contributed by atoms with Crippen LogP contribution in [0, 0.1) is 0 Å². The number of fused-ring (bicyclic) bond motifs is 1. The normalized spacial score (nSPS) is 14.2. The van der Waals surface area contributed by atoms with E-state index in [0.717, 1.165) is 4.90 Å². The Hall–Kier alpha value is -2.02. The lowest BCUT2D eigenvalue weighted by Gasteiger charge is -2.27. The number of carbonyl (C=O) groups is 3. The lowest BCUT2D eigenvalue weighted by molar-refractivity contribution is -0.136. The van der Waals surface area contributed by atoms with Gasteiger partial charge in [0.05, 0.1) is 17.0 Å². The Kier molecular flexibility index (Phi) is 3.24. The van der Waals surface area contributed by atoms with Crippen molar-refractivity contribution in [2.24, 2.45) is 0 Å². The molecule has 1 aliphatic rings. The summed E-state index contributed by atoms with van der Waals surface area (Å²) >= 11 is 1.27. The van der Waals surface area contributed by atoms with Gasteiger partial charge in [-0.05, 0) is 18.2 Å². The number of hydrogen-bond donors (Lipinski definition) is 2. The first kappa shape index (κ1) is 12.4. The molecular weight excluding hydrogens is 258 g/mol. The fraction of sp³-hybridized carbons (Fsp3) is 0.182. The molecule has 18 heavy (non-hydrogen) atoms. The van der Waals surface area contributed by atoms with Gasteiger partial charge in [-0.2, -0.15) is 0 Å². The number of rotatable bonds is 3. The van der Waals surface area contributed by atoms with E-state index in [2.05, 4.69) is 0 Å². The molecule has 1 aliphatic heterocycles. The van der Waals surface area contributed by atoms with Gasteiger partial charge in [-0.25, -0.2) is 4.79 Å². The number of aromatic carboxylic acids is 1. The second kappa shape index (κ2) is 4.69. The lowest BCUT2D eigenvalue weighted by Crippen LogP contribution is -2.39. The zero-order chi connectivity index (χ0) is 13.3. The molecule has 1 aromatic carbocycles. The van der Waals surface area contributed by atoms with Gasteiger partial charge in [-0.15, -0.1) is 11.8 Å². The molecule has 0 radical (unpaired) electrons. The highest BCUT2D eigenvalue weighted by atomic mass is 32.2. The Morgan fingerprint density at radius 3 is 2.67 bits per heavy atom. The summed E-state index contributed by atoms with van der Waals surface area (Å²) in [5.74, 6) is -2.43. The van der Waals surface area contributed by atoms with Gasteiger partial charge >= 0.3 is 11.9 Å². The minimum atomic E-state index is -1.14. The van der Waals surface area contributed by atoms with E-state index >= 15 is 0 Å². The third-order valence-electron chi connectivity index (χ3n) is 2.44. The van der Waals surface area contributed by atoms with Crippen molar-refractivity contribution in [3.63, 3.8) is 0 Å². The molecule has 0 bridgehead atoms. The maximum Gasteiger partial charge on any atom is 0.335 e. The van der Waals surface area contributed by atoms with E-state index < -0.39 is 18.5 Å². The Bertz CT molecular complexity index is 542. The second-order valence-electron chi connectivity index (χ2n) is 3.65. The maximum atomic E-state index is 11.7. The van der Waals surface area contributed by atoms with E-state index in [-0.39, 0.29) is 17.2 Å². The first-order valence-corrected chi connectivity index (χ1v) is 6.00. The van der Waals surface area contributed by atoms with Gasteiger partial charge in [-0.1, -0.05) is 0 Å². The van der Waals surface area contributed by atoms with Crippen molar-refractivity contribution >= 4 is 35.3 Å². The number of nitrogens with zero attached hydrogens (tertiary/aromatic N) is 1. The molecule has 7 heteroatoms. The van der Waals surface area contributed by atoms with Crippen molar-refractivity contribution in [3.05, 3.63) is 23.8 Å². The van der Waals surface area contributed by atoms with Crippen LogP contribution in [0.1, 0.15) is 10.4 Å². The fourth-order valence-corrected chi connectivity index (χ4v) is 2.56. The van der Waals surface area contributed by atoms with Crippen molar-refractivity contribution in [1.29, 1.82) is 0 Å². The van der Waals surface area contributed by atoms with Crippen molar-refractivity contribution in [2.45, 2.75) is 4.90 Å². The summed E-state index contributed by atoms with van der Waals surface area (Å²) in [4.78, 5) is 35.1. The smallest absolute Gasteiger partial charge is 0.335 e. The van der Waals surface area contributed by atoms with Crippen LogP contribution < -0.4 is 4.90 Å². The molecule has 94 valence electrons. The van der Waals surface area contributed by atoms with Gasteiger partial charge in [0.15, 0.2) is 0 Å². The van der Waals surface area contributed by atoms with Gasteiger partial charge in [-0.3, -0.25) is 14.5 Å². The van der Waals surface area contributed by atoms with E-state index in [1.54, 1.807) is 6.07 Å². The van der Waals surface area contributed by atoms with Crippen LogP contribution in [-0.2, 0) is 9.59 Å². The number of carboxylic acid groups (broad SMARTS) is 2. The van der Waals surface area contributed by atoms with Crippen LogP contribution in [0.15, 0.2) is 23.1 Å². The Morgan fingerprint density at radius 2 is 2.06 bits per heavy atom. The molecular formula is C11H9NO5S. The predicted molar refractivity (Wildman–Crippen MR) is 64.1 cm³/mol. The summed E-state index contributed by atoms with van der Waals surface area (Å²) in [7, 11) is 0. The number of hydrogen-bond acceptors (Lipinski definition) is 4. The van der Waals surface area contributed by atoms with Gasteiger partial charge in [0.25, 0.3) is 0 Å². The molecule has 0 atom stereocenters. The lowest BCUT2D eigenvalue weighted by atomic mass is 10.2. The quantitative estimate of drug-likeness (QED) is 0.845. The second-order valence-corrected chi connectivity index (χ2v) is 4.67. The molecule has 2 rings (SSSR count). The minimum Gasteiger partial charge on any atom is -0.480 e. The van der Waals surface area contributed by atoms with Gasteiger partial charge in [0.2, 0.25) is 5.91 Å².